The van der Waals surface area contributed by atoms with Crippen molar-refractivity contribution in [3.8, 4) is 5.75 Å². The van der Waals surface area contributed by atoms with Crippen LogP contribution in [0.25, 0.3) is 0 Å². The summed E-state index contributed by atoms with van der Waals surface area (Å²) in [4.78, 5) is 22.0. The third kappa shape index (κ3) is 5.44. The summed E-state index contributed by atoms with van der Waals surface area (Å²) in [5.41, 5.74) is 2.89. The van der Waals surface area contributed by atoms with Gasteiger partial charge in [-0.3, -0.25) is 14.9 Å². The second-order valence-electron chi connectivity index (χ2n) is 4.92. The zero-order valence-corrected chi connectivity index (χ0v) is 14.5. The maximum Gasteiger partial charge on any atom is 0.280 e. The van der Waals surface area contributed by atoms with Crippen molar-refractivity contribution in [3.05, 3.63) is 68.2 Å². The van der Waals surface area contributed by atoms with E-state index < -0.39 is 16.9 Å². The number of nitrogens with one attached hydrogen (secondary N) is 1. The molecular formula is C16H13Cl2N3O4. The number of nitro groups is 1. The molecule has 2 aromatic rings. The summed E-state index contributed by atoms with van der Waals surface area (Å²) in [5, 5.41) is 15.1. The number of hydrazone groups is 1. The lowest BCUT2D eigenvalue weighted by atomic mass is 10.2. The largest absolute Gasteiger partial charge is 0.479 e. The third-order valence-electron chi connectivity index (χ3n) is 3.06. The lowest BCUT2D eigenvalue weighted by molar-refractivity contribution is -0.384. The molecule has 7 nitrogen and oxygen atoms in total. The normalized spacial score (nSPS) is 12.0. The van der Waals surface area contributed by atoms with Crippen LogP contribution in [0.15, 0.2) is 47.6 Å². The molecular weight excluding hydrogens is 369 g/mol. The van der Waals surface area contributed by atoms with E-state index in [1.165, 1.54) is 36.5 Å². The van der Waals surface area contributed by atoms with Gasteiger partial charge in [0.05, 0.1) is 16.2 Å². The first-order chi connectivity index (χ1) is 11.9. The maximum atomic E-state index is 12.0. The van der Waals surface area contributed by atoms with Crippen LogP contribution < -0.4 is 10.2 Å². The molecule has 2 aromatic carbocycles. The van der Waals surface area contributed by atoms with Gasteiger partial charge in [0.25, 0.3) is 11.6 Å². The van der Waals surface area contributed by atoms with Crippen LogP contribution in [0.3, 0.4) is 0 Å². The fourth-order valence-electron chi connectivity index (χ4n) is 1.76. The van der Waals surface area contributed by atoms with Gasteiger partial charge in [0, 0.05) is 17.2 Å². The molecule has 1 unspecified atom stereocenters. The predicted octanol–water partition coefficient (Wildman–Crippen LogP) is 3.82. The van der Waals surface area contributed by atoms with Crippen molar-refractivity contribution in [3.63, 3.8) is 0 Å². The highest BCUT2D eigenvalue weighted by atomic mass is 35.5. The van der Waals surface area contributed by atoms with Crippen LogP contribution in [0.2, 0.25) is 10.0 Å². The molecule has 0 saturated carbocycles. The smallest absolute Gasteiger partial charge is 0.280 e. The molecule has 0 aliphatic heterocycles. The summed E-state index contributed by atoms with van der Waals surface area (Å²) < 4.78 is 5.46. The highest BCUT2D eigenvalue weighted by Gasteiger charge is 2.15. The Balaban J connectivity index is 1.91. The molecule has 0 aromatic heterocycles. The first-order valence-corrected chi connectivity index (χ1v) is 7.81. The number of ether oxygens (including phenoxy) is 1. The molecule has 2 rings (SSSR count). The first-order valence-electron chi connectivity index (χ1n) is 7.06. The van der Waals surface area contributed by atoms with Gasteiger partial charge >= 0.3 is 0 Å². The number of carbonyl (C=O) groups excluding carboxylic acids is 1. The summed E-state index contributed by atoms with van der Waals surface area (Å²) in [7, 11) is 0. The first kappa shape index (κ1) is 18.7. The molecule has 0 radical (unpaired) electrons. The topological polar surface area (TPSA) is 93.8 Å². The zero-order valence-electron chi connectivity index (χ0n) is 13.0. The Labute approximate surface area is 153 Å². The summed E-state index contributed by atoms with van der Waals surface area (Å²) in [5.74, 6) is -0.155. The number of benzene rings is 2. The molecule has 1 amide bonds. The number of carbonyl (C=O) groups is 1. The quantitative estimate of drug-likeness (QED) is 0.467. The summed E-state index contributed by atoms with van der Waals surface area (Å²) in [6.07, 6.45) is 0.525. The van der Waals surface area contributed by atoms with Gasteiger partial charge in [-0.15, -0.1) is 0 Å². The molecule has 0 saturated heterocycles. The van der Waals surface area contributed by atoms with Crippen molar-refractivity contribution in [2.75, 3.05) is 0 Å². The van der Waals surface area contributed by atoms with Gasteiger partial charge in [-0.2, -0.15) is 5.10 Å². The minimum Gasteiger partial charge on any atom is -0.479 e. The summed E-state index contributed by atoms with van der Waals surface area (Å²) in [6.45, 7) is 1.54. The van der Waals surface area contributed by atoms with E-state index in [0.29, 0.717) is 21.4 Å². The van der Waals surface area contributed by atoms with Gasteiger partial charge in [-0.05, 0) is 42.8 Å². The Morgan fingerprint density at radius 2 is 1.96 bits per heavy atom. The van der Waals surface area contributed by atoms with Crippen molar-refractivity contribution >= 4 is 41.0 Å². The Hall–Kier alpha value is -2.64. The Morgan fingerprint density at radius 3 is 2.56 bits per heavy atom. The molecule has 0 bridgehead atoms. The number of non-ortho nitro benzene ring substituents is 1. The lowest BCUT2D eigenvalue weighted by Crippen LogP contribution is -2.33. The molecule has 0 heterocycles. The van der Waals surface area contributed by atoms with Crippen molar-refractivity contribution in [1.82, 2.24) is 5.43 Å². The Morgan fingerprint density at radius 1 is 1.28 bits per heavy atom. The van der Waals surface area contributed by atoms with Gasteiger partial charge in [0.2, 0.25) is 0 Å². The van der Waals surface area contributed by atoms with Gasteiger partial charge < -0.3 is 4.74 Å². The van der Waals surface area contributed by atoms with E-state index in [1.54, 1.807) is 19.1 Å². The standard InChI is InChI=1S/C16H13Cl2N3O4/c1-10(25-15-7-4-12(17)8-14(15)18)16(22)20-19-9-11-2-5-13(6-3-11)21(23)24/h2-10H,1H3,(H,20,22)/b19-9+. The molecule has 0 spiro atoms. The van der Waals surface area contributed by atoms with E-state index in [-0.39, 0.29) is 5.69 Å². The van der Waals surface area contributed by atoms with Crippen molar-refractivity contribution in [2.24, 2.45) is 5.10 Å². The molecule has 9 heteroatoms. The number of amides is 1. The van der Waals surface area contributed by atoms with Crippen LogP contribution in [0.1, 0.15) is 12.5 Å². The SMILES string of the molecule is CC(Oc1ccc(Cl)cc1Cl)C(=O)N/N=C/c1ccc([N+](=O)[O-])cc1. The molecule has 25 heavy (non-hydrogen) atoms. The third-order valence-corrected chi connectivity index (χ3v) is 3.59. The average molecular weight is 382 g/mol. The van der Waals surface area contributed by atoms with Crippen molar-refractivity contribution in [1.29, 1.82) is 0 Å². The second-order valence-corrected chi connectivity index (χ2v) is 5.76. The molecule has 0 aliphatic rings. The summed E-state index contributed by atoms with van der Waals surface area (Å²) in [6, 6.07) is 10.4. The van der Waals surface area contributed by atoms with Crippen LogP contribution in [0.5, 0.6) is 5.75 Å². The van der Waals surface area contributed by atoms with E-state index in [2.05, 4.69) is 10.5 Å². The van der Waals surface area contributed by atoms with E-state index in [1.807, 2.05) is 0 Å². The number of hydrogen-bond donors (Lipinski definition) is 1. The number of hydrogen-bond acceptors (Lipinski definition) is 5. The van der Waals surface area contributed by atoms with Crippen LogP contribution in [-0.2, 0) is 4.79 Å². The minimum atomic E-state index is -0.840. The average Bonchev–Trinajstić information content (AvgIpc) is 2.57. The number of rotatable bonds is 6. The monoisotopic (exact) mass is 381 g/mol. The highest BCUT2D eigenvalue weighted by Crippen LogP contribution is 2.28. The molecule has 0 fully saturated rings. The lowest BCUT2D eigenvalue weighted by Gasteiger charge is -2.14. The van der Waals surface area contributed by atoms with Crippen LogP contribution >= 0.6 is 23.2 Å². The highest BCUT2D eigenvalue weighted by molar-refractivity contribution is 6.35. The fourth-order valence-corrected chi connectivity index (χ4v) is 2.21. The number of nitro benzene ring substituents is 1. The van der Waals surface area contributed by atoms with E-state index in [9.17, 15) is 14.9 Å². The Bertz CT molecular complexity index is 810. The molecule has 1 atom stereocenters. The van der Waals surface area contributed by atoms with Crippen molar-refractivity contribution < 1.29 is 14.5 Å². The number of nitrogens with zero attached hydrogens (tertiary/aromatic N) is 2. The maximum absolute atomic E-state index is 12.0. The second kappa shape index (κ2) is 8.46. The van der Waals surface area contributed by atoms with Gasteiger partial charge in [0.1, 0.15) is 5.75 Å². The van der Waals surface area contributed by atoms with E-state index >= 15 is 0 Å². The summed E-state index contributed by atoms with van der Waals surface area (Å²) >= 11 is 11.8. The van der Waals surface area contributed by atoms with Crippen LogP contribution in [0, 0.1) is 10.1 Å². The number of halogens is 2. The van der Waals surface area contributed by atoms with E-state index in [4.69, 9.17) is 27.9 Å². The van der Waals surface area contributed by atoms with Gasteiger partial charge in [-0.25, -0.2) is 5.43 Å². The Kier molecular flexibility index (Phi) is 6.32. The molecule has 1 N–H and O–H groups in total. The molecule has 0 aliphatic carbocycles. The van der Waals surface area contributed by atoms with Crippen LogP contribution in [-0.4, -0.2) is 23.1 Å². The van der Waals surface area contributed by atoms with Crippen LogP contribution in [0.4, 0.5) is 5.69 Å². The van der Waals surface area contributed by atoms with E-state index in [0.717, 1.165) is 0 Å². The minimum absolute atomic E-state index is 0.0250. The molecule has 130 valence electrons. The van der Waals surface area contributed by atoms with Crippen molar-refractivity contribution in [2.45, 2.75) is 13.0 Å². The van der Waals surface area contributed by atoms with Gasteiger partial charge in [0.15, 0.2) is 6.10 Å². The zero-order chi connectivity index (χ0) is 18.4. The predicted molar refractivity (Wildman–Crippen MR) is 95.4 cm³/mol. The van der Waals surface area contributed by atoms with Gasteiger partial charge in [-0.1, -0.05) is 23.2 Å². The fraction of sp³-hybridized carbons (Fsp3) is 0.125.